The Morgan fingerprint density at radius 3 is 2.87 bits per heavy atom. The van der Waals surface area contributed by atoms with Gasteiger partial charge in [-0.25, -0.2) is 5.01 Å². The number of hydrazone groups is 1. The molecule has 1 amide bonds. The average molecular weight is 243 g/mol. The average Bonchev–Trinajstić information content (AvgIpc) is 2.60. The van der Waals surface area contributed by atoms with Crippen LogP contribution in [0, 0.1) is 0 Å². The topological polar surface area (TPSA) is 32.7 Å². The van der Waals surface area contributed by atoms with E-state index in [4.69, 9.17) is 23.2 Å². The summed E-state index contributed by atoms with van der Waals surface area (Å²) in [6.45, 7) is 0.370. The lowest BCUT2D eigenvalue weighted by Crippen LogP contribution is -2.20. The maximum absolute atomic E-state index is 11.3. The van der Waals surface area contributed by atoms with Crippen molar-refractivity contribution in [2.24, 2.45) is 5.10 Å². The van der Waals surface area contributed by atoms with Crippen LogP contribution in [0.5, 0.6) is 0 Å². The first-order chi connectivity index (χ1) is 7.18. The SMILES string of the molecule is O=C1CC=NN1Cc1cccc(Cl)c1Cl. The molecule has 0 aromatic heterocycles. The minimum Gasteiger partial charge on any atom is -0.273 e. The molecule has 0 N–H and O–H groups in total. The quantitative estimate of drug-likeness (QED) is 0.785. The summed E-state index contributed by atoms with van der Waals surface area (Å²) in [5.74, 6) is -0.0222. The van der Waals surface area contributed by atoms with Crippen LogP contribution < -0.4 is 0 Å². The van der Waals surface area contributed by atoms with Gasteiger partial charge in [0.15, 0.2) is 0 Å². The van der Waals surface area contributed by atoms with Gasteiger partial charge in [0.05, 0.1) is 23.0 Å². The number of rotatable bonds is 2. The number of carbonyl (C=O) groups excluding carboxylic acids is 1. The van der Waals surface area contributed by atoms with E-state index in [1.54, 1.807) is 18.3 Å². The predicted molar refractivity (Wildman–Crippen MR) is 60.1 cm³/mol. The minimum atomic E-state index is -0.0222. The number of amides is 1. The van der Waals surface area contributed by atoms with E-state index in [2.05, 4.69) is 5.10 Å². The number of hydrogen-bond donors (Lipinski definition) is 0. The highest BCUT2D eigenvalue weighted by molar-refractivity contribution is 6.42. The zero-order chi connectivity index (χ0) is 10.8. The fourth-order valence-electron chi connectivity index (χ4n) is 1.35. The second kappa shape index (κ2) is 4.21. The third kappa shape index (κ3) is 2.13. The summed E-state index contributed by atoms with van der Waals surface area (Å²) in [6, 6.07) is 5.34. The Morgan fingerprint density at radius 1 is 1.40 bits per heavy atom. The van der Waals surface area contributed by atoms with Crippen molar-refractivity contribution in [2.75, 3.05) is 0 Å². The number of halogens is 2. The van der Waals surface area contributed by atoms with Gasteiger partial charge in [-0.2, -0.15) is 5.10 Å². The van der Waals surface area contributed by atoms with Gasteiger partial charge in [0.2, 0.25) is 5.91 Å². The second-order valence-corrected chi connectivity index (χ2v) is 3.95. The van der Waals surface area contributed by atoms with Gasteiger partial charge in [-0.05, 0) is 11.6 Å². The molecule has 0 radical (unpaired) electrons. The highest BCUT2D eigenvalue weighted by Crippen LogP contribution is 2.27. The van der Waals surface area contributed by atoms with Crippen molar-refractivity contribution in [3.63, 3.8) is 0 Å². The third-order valence-electron chi connectivity index (χ3n) is 2.13. The Hall–Kier alpha value is -1.06. The van der Waals surface area contributed by atoms with Crippen LogP contribution in [-0.2, 0) is 11.3 Å². The van der Waals surface area contributed by atoms with E-state index in [1.165, 1.54) is 5.01 Å². The summed E-state index contributed by atoms with van der Waals surface area (Å²) in [4.78, 5) is 11.3. The third-order valence-corrected chi connectivity index (χ3v) is 2.98. The van der Waals surface area contributed by atoms with Crippen LogP contribution in [0.1, 0.15) is 12.0 Å². The molecule has 1 heterocycles. The fraction of sp³-hybridized carbons (Fsp3) is 0.200. The van der Waals surface area contributed by atoms with E-state index >= 15 is 0 Å². The molecule has 5 heteroatoms. The van der Waals surface area contributed by atoms with Gasteiger partial charge in [0.25, 0.3) is 0 Å². The van der Waals surface area contributed by atoms with Crippen molar-refractivity contribution in [3.05, 3.63) is 33.8 Å². The Kier molecular flexibility index (Phi) is 2.93. The normalized spacial score (nSPS) is 15.1. The lowest BCUT2D eigenvalue weighted by molar-refractivity contribution is -0.129. The molecule has 78 valence electrons. The highest BCUT2D eigenvalue weighted by Gasteiger charge is 2.18. The largest absolute Gasteiger partial charge is 0.273 e. The molecule has 1 aromatic carbocycles. The Bertz CT molecular complexity index is 431. The van der Waals surface area contributed by atoms with Gasteiger partial charge in [-0.3, -0.25) is 4.79 Å². The first-order valence-electron chi connectivity index (χ1n) is 4.44. The summed E-state index contributed by atoms with van der Waals surface area (Å²) in [6.07, 6.45) is 1.94. The molecule has 0 spiro atoms. The van der Waals surface area contributed by atoms with Gasteiger partial charge in [0.1, 0.15) is 0 Å². The molecule has 2 rings (SSSR count). The molecule has 1 aromatic rings. The number of nitrogens with zero attached hydrogens (tertiary/aromatic N) is 2. The van der Waals surface area contributed by atoms with Gasteiger partial charge in [0, 0.05) is 6.21 Å². The van der Waals surface area contributed by atoms with Gasteiger partial charge >= 0.3 is 0 Å². The molecule has 3 nitrogen and oxygen atoms in total. The van der Waals surface area contributed by atoms with E-state index in [1.807, 2.05) is 6.07 Å². The second-order valence-electron chi connectivity index (χ2n) is 3.17. The molecule has 1 aliphatic heterocycles. The highest BCUT2D eigenvalue weighted by atomic mass is 35.5. The molecule has 1 aliphatic rings. The molecule has 0 saturated heterocycles. The molecule has 0 atom stereocenters. The van der Waals surface area contributed by atoms with E-state index in [0.29, 0.717) is 23.0 Å². The van der Waals surface area contributed by atoms with Crippen LogP contribution in [0.15, 0.2) is 23.3 Å². The molecule has 0 fully saturated rings. The summed E-state index contributed by atoms with van der Waals surface area (Å²) in [7, 11) is 0. The monoisotopic (exact) mass is 242 g/mol. The number of benzene rings is 1. The summed E-state index contributed by atoms with van der Waals surface area (Å²) in [5.41, 5.74) is 0.802. The van der Waals surface area contributed by atoms with Crippen molar-refractivity contribution in [3.8, 4) is 0 Å². The van der Waals surface area contributed by atoms with Crippen molar-refractivity contribution in [2.45, 2.75) is 13.0 Å². The van der Waals surface area contributed by atoms with Crippen LogP contribution in [0.25, 0.3) is 0 Å². The van der Waals surface area contributed by atoms with Crippen molar-refractivity contribution in [1.82, 2.24) is 5.01 Å². The lowest BCUT2D eigenvalue weighted by Gasteiger charge is -2.13. The van der Waals surface area contributed by atoms with E-state index in [9.17, 15) is 4.79 Å². The zero-order valence-corrected chi connectivity index (χ0v) is 9.29. The van der Waals surface area contributed by atoms with Crippen LogP contribution in [-0.4, -0.2) is 17.1 Å². The molecular formula is C10H8Cl2N2O. The Labute approximate surface area is 97.3 Å². The van der Waals surface area contributed by atoms with Gasteiger partial charge in [-0.15, -0.1) is 0 Å². The van der Waals surface area contributed by atoms with E-state index in [-0.39, 0.29) is 5.91 Å². The van der Waals surface area contributed by atoms with Crippen molar-refractivity contribution >= 4 is 35.3 Å². The van der Waals surface area contributed by atoms with Crippen molar-refractivity contribution in [1.29, 1.82) is 0 Å². The molecule has 0 bridgehead atoms. The standard InChI is InChI=1S/C10H8Cl2N2O/c11-8-3-1-2-7(10(8)12)6-14-9(15)4-5-13-14/h1-3,5H,4,6H2. The van der Waals surface area contributed by atoms with Crippen LogP contribution in [0.3, 0.4) is 0 Å². The maximum Gasteiger partial charge on any atom is 0.248 e. The smallest absolute Gasteiger partial charge is 0.248 e. The van der Waals surface area contributed by atoms with Gasteiger partial charge < -0.3 is 0 Å². The van der Waals surface area contributed by atoms with Crippen LogP contribution >= 0.6 is 23.2 Å². The zero-order valence-electron chi connectivity index (χ0n) is 7.78. The number of carbonyl (C=O) groups is 1. The molecule has 15 heavy (non-hydrogen) atoms. The van der Waals surface area contributed by atoms with Crippen LogP contribution in [0.4, 0.5) is 0 Å². The Balaban J connectivity index is 2.21. The summed E-state index contributed by atoms with van der Waals surface area (Å²) >= 11 is 11.9. The lowest BCUT2D eigenvalue weighted by atomic mass is 10.2. The first-order valence-corrected chi connectivity index (χ1v) is 5.20. The fourth-order valence-corrected chi connectivity index (χ4v) is 1.73. The predicted octanol–water partition coefficient (Wildman–Crippen LogP) is 2.71. The number of hydrogen-bond acceptors (Lipinski definition) is 2. The maximum atomic E-state index is 11.3. The first kappa shape index (κ1) is 10.5. The molecule has 0 unspecified atom stereocenters. The van der Waals surface area contributed by atoms with Crippen molar-refractivity contribution < 1.29 is 4.79 Å². The summed E-state index contributed by atoms with van der Waals surface area (Å²) in [5, 5.41) is 6.30. The molecular weight excluding hydrogens is 235 g/mol. The Morgan fingerprint density at radius 2 is 2.20 bits per heavy atom. The minimum absolute atomic E-state index is 0.0222. The van der Waals surface area contributed by atoms with E-state index < -0.39 is 0 Å². The van der Waals surface area contributed by atoms with Gasteiger partial charge in [-0.1, -0.05) is 35.3 Å². The summed E-state index contributed by atoms with van der Waals surface area (Å²) < 4.78 is 0. The van der Waals surface area contributed by atoms with Crippen LogP contribution in [0.2, 0.25) is 10.0 Å². The van der Waals surface area contributed by atoms with E-state index in [0.717, 1.165) is 5.56 Å². The molecule has 0 saturated carbocycles. The molecule has 0 aliphatic carbocycles.